The van der Waals surface area contributed by atoms with Gasteiger partial charge in [-0.25, -0.2) is 9.79 Å². The van der Waals surface area contributed by atoms with Gasteiger partial charge >= 0.3 is 6.03 Å². The van der Waals surface area contributed by atoms with Gasteiger partial charge in [-0.05, 0) is 18.4 Å². The number of aliphatic hydroxyl groups excluding tert-OH is 1. The van der Waals surface area contributed by atoms with Crippen molar-refractivity contribution in [1.29, 1.82) is 0 Å². The molecule has 2 N–H and O–H groups in total. The molecule has 2 atom stereocenters. The first-order valence-corrected chi connectivity index (χ1v) is 10.6. The number of amides is 3. The standard InChI is InChI=1S/C21H30N6O3/c1-24-18-17(19(29)23-21(24)30)27(9-5-8-16-6-3-2-4-7-16)20(22-18)26-12-10-25(11-13-26)14-15-28/h2-4,6-7,17-18,28H,5,8-15H2,1H3,(H,23,29,30). The van der Waals surface area contributed by atoms with E-state index in [-0.39, 0.29) is 12.5 Å². The maximum absolute atomic E-state index is 12.7. The molecule has 0 radical (unpaired) electrons. The van der Waals surface area contributed by atoms with Crippen LogP contribution in [0, 0.1) is 0 Å². The fourth-order valence-corrected chi connectivity index (χ4v) is 4.42. The van der Waals surface area contributed by atoms with E-state index in [1.54, 1.807) is 7.05 Å². The van der Waals surface area contributed by atoms with Gasteiger partial charge in [0.1, 0.15) is 0 Å². The summed E-state index contributed by atoms with van der Waals surface area (Å²) in [5.74, 6) is 0.527. The molecule has 1 aromatic carbocycles. The van der Waals surface area contributed by atoms with Gasteiger partial charge in [-0.1, -0.05) is 30.3 Å². The van der Waals surface area contributed by atoms with Gasteiger partial charge in [-0.2, -0.15) is 0 Å². The van der Waals surface area contributed by atoms with Gasteiger partial charge in [0.2, 0.25) is 0 Å². The molecule has 3 aliphatic rings. The summed E-state index contributed by atoms with van der Waals surface area (Å²) in [7, 11) is 1.69. The van der Waals surface area contributed by atoms with Crippen molar-refractivity contribution in [2.24, 2.45) is 4.99 Å². The summed E-state index contributed by atoms with van der Waals surface area (Å²) in [5.41, 5.74) is 1.27. The largest absolute Gasteiger partial charge is 0.395 e. The minimum atomic E-state index is -0.492. The predicted octanol–water partition coefficient (Wildman–Crippen LogP) is -0.223. The minimum Gasteiger partial charge on any atom is -0.395 e. The summed E-state index contributed by atoms with van der Waals surface area (Å²) in [6.07, 6.45) is 1.32. The van der Waals surface area contributed by atoms with E-state index in [1.165, 1.54) is 10.5 Å². The summed E-state index contributed by atoms with van der Waals surface area (Å²) in [4.78, 5) is 37.7. The number of imide groups is 1. The Morgan fingerprint density at radius 2 is 1.83 bits per heavy atom. The number of carbonyl (C=O) groups excluding carboxylic acids is 2. The lowest BCUT2D eigenvalue weighted by molar-refractivity contribution is -0.127. The lowest BCUT2D eigenvalue weighted by atomic mass is 10.1. The third-order valence-corrected chi connectivity index (χ3v) is 6.12. The number of urea groups is 1. The molecule has 1 aromatic rings. The van der Waals surface area contributed by atoms with Crippen LogP contribution < -0.4 is 5.32 Å². The molecule has 2 unspecified atom stereocenters. The number of benzene rings is 1. The molecular formula is C21H30N6O3. The zero-order chi connectivity index (χ0) is 21.1. The zero-order valence-electron chi connectivity index (χ0n) is 17.4. The first kappa shape index (κ1) is 20.6. The molecule has 162 valence electrons. The molecule has 0 saturated carbocycles. The average molecular weight is 415 g/mol. The molecule has 4 rings (SSSR count). The predicted molar refractivity (Wildman–Crippen MR) is 113 cm³/mol. The quantitative estimate of drug-likeness (QED) is 0.669. The van der Waals surface area contributed by atoms with Gasteiger partial charge in [0.15, 0.2) is 18.2 Å². The number of aliphatic hydroxyl groups is 1. The maximum Gasteiger partial charge on any atom is 0.325 e. The van der Waals surface area contributed by atoms with E-state index in [0.29, 0.717) is 13.1 Å². The normalized spacial score (nSPS) is 24.7. The first-order chi connectivity index (χ1) is 14.6. The van der Waals surface area contributed by atoms with Gasteiger partial charge in [0.25, 0.3) is 5.91 Å². The van der Waals surface area contributed by atoms with Gasteiger partial charge in [0, 0.05) is 46.3 Å². The summed E-state index contributed by atoms with van der Waals surface area (Å²) in [6, 6.07) is 9.42. The van der Waals surface area contributed by atoms with Crippen LogP contribution >= 0.6 is 0 Å². The van der Waals surface area contributed by atoms with E-state index < -0.39 is 18.2 Å². The number of aliphatic imine (C=N–C) groups is 1. The minimum absolute atomic E-state index is 0.157. The van der Waals surface area contributed by atoms with Crippen molar-refractivity contribution in [2.75, 3.05) is 52.9 Å². The third-order valence-electron chi connectivity index (χ3n) is 6.12. The summed E-state index contributed by atoms with van der Waals surface area (Å²) in [6.45, 7) is 4.78. The SMILES string of the molecule is CN1C(=O)NC(=O)C2C1N=C(N1CCN(CCO)CC1)N2CCCc1ccccc1. The number of piperazine rings is 1. The van der Waals surface area contributed by atoms with Crippen LogP contribution in [0.1, 0.15) is 12.0 Å². The number of fused-ring (bicyclic) bond motifs is 1. The number of nitrogens with zero attached hydrogens (tertiary/aromatic N) is 5. The number of nitrogens with one attached hydrogen (secondary N) is 1. The second kappa shape index (κ2) is 9.01. The van der Waals surface area contributed by atoms with E-state index in [0.717, 1.165) is 45.0 Å². The van der Waals surface area contributed by atoms with E-state index in [1.807, 2.05) is 18.2 Å². The van der Waals surface area contributed by atoms with Crippen LogP contribution in [0.4, 0.5) is 4.79 Å². The van der Waals surface area contributed by atoms with Gasteiger partial charge in [0.05, 0.1) is 6.61 Å². The second-order valence-electron chi connectivity index (χ2n) is 8.03. The van der Waals surface area contributed by atoms with E-state index >= 15 is 0 Å². The van der Waals surface area contributed by atoms with Crippen LogP contribution in [0.5, 0.6) is 0 Å². The smallest absolute Gasteiger partial charge is 0.325 e. The summed E-state index contributed by atoms with van der Waals surface area (Å²) in [5, 5.41) is 11.6. The van der Waals surface area contributed by atoms with E-state index in [4.69, 9.17) is 4.99 Å². The van der Waals surface area contributed by atoms with E-state index in [2.05, 4.69) is 32.1 Å². The number of hydrogen-bond acceptors (Lipinski definition) is 7. The third kappa shape index (κ3) is 4.13. The Morgan fingerprint density at radius 3 is 2.53 bits per heavy atom. The second-order valence-corrected chi connectivity index (χ2v) is 8.03. The Kier molecular flexibility index (Phi) is 6.19. The molecule has 0 aliphatic carbocycles. The van der Waals surface area contributed by atoms with Gasteiger partial charge < -0.3 is 19.8 Å². The number of hydrogen-bond donors (Lipinski definition) is 2. The Labute approximate surface area is 176 Å². The van der Waals surface area contributed by atoms with Crippen LogP contribution in [-0.2, 0) is 11.2 Å². The average Bonchev–Trinajstić information content (AvgIpc) is 3.14. The van der Waals surface area contributed by atoms with Crippen molar-refractivity contribution in [3.05, 3.63) is 35.9 Å². The lowest BCUT2D eigenvalue weighted by Gasteiger charge is -2.40. The highest BCUT2D eigenvalue weighted by Gasteiger charge is 2.49. The molecule has 30 heavy (non-hydrogen) atoms. The number of carbonyl (C=O) groups is 2. The highest BCUT2D eigenvalue weighted by Crippen LogP contribution is 2.26. The topological polar surface area (TPSA) is 91.7 Å². The molecule has 2 saturated heterocycles. The van der Waals surface area contributed by atoms with Crippen molar-refractivity contribution in [2.45, 2.75) is 25.0 Å². The molecular weight excluding hydrogens is 384 g/mol. The van der Waals surface area contributed by atoms with Crippen LogP contribution in [0.25, 0.3) is 0 Å². The Balaban J connectivity index is 1.49. The molecule has 0 aromatic heterocycles. The summed E-state index contributed by atoms with van der Waals surface area (Å²) < 4.78 is 0. The van der Waals surface area contributed by atoms with Crippen molar-refractivity contribution in [1.82, 2.24) is 24.9 Å². The molecule has 0 bridgehead atoms. The fourth-order valence-electron chi connectivity index (χ4n) is 4.42. The van der Waals surface area contributed by atoms with Crippen LogP contribution in [0.3, 0.4) is 0 Å². The lowest BCUT2D eigenvalue weighted by Crippen LogP contribution is -2.64. The maximum atomic E-state index is 12.7. The molecule has 0 spiro atoms. The molecule has 2 fully saturated rings. The molecule has 3 heterocycles. The van der Waals surface area contributed by atoms with Crippen molar-refractivity contribution >= 4 is 17.9 Å². The van der Waals surface area contributed by atoms with Crippen LogP contribution in [0.2, 0.25) is 0 Å². The highest BCUT2D eigenvalue weighted by molar-refractivity contribution is 6.03. The molecule has 3 amide bonds. The van der Waals surface area contributed by atoms with Crippen LogP contribution in [0.15, 0.2) is 35.3 Å². The Hall–Kier alpha value is -2.65. The highest BCUT2D eigenvalue weighted by atomic mass is 16.3. The Morgan fingerprint density at radius 1 is 1.10 bits per heavy atom. The number of aryl methyl sites for hydroxylation is 1. The van der Waals surface area contributed by atoms with Crippen molar-refractivity contribution < 1.29 is 14.7 Å². The van der Waals surface area contributed by atoms with Gasteiger partial charge in [-0.3, -0.25) is 15.0 Å². The number of rotatable bonds is 6. The van der Waals surface area contributed by atoms with Crippen molar-refractivity contribution in [3.63, 3.8) is 0 Å². The van der Waals surface area contributed by atoms with E-state index in [9.17, 15) is 14.7 Å². The Bertz CT molecular complexity index is 793. The molecule has 9 nitrogen and oxygen atoms in total. The van der Waals surface area contributed by atoms with Gasteiger partial charge in [-0.15, -0.1) is 0 Å². The monoisotopic (exact) mass is 414 g/mol. The number of β-amino-alcohol motifs (C(OH)–C–C–N with tert-alkyl or cyclic N) is 1. The first-order valence-electron chi connectivity index (χ1n) is 10.6. The summed E-state index contributed by atoms with van der Waals surface area (Å²) >= 11 is 0. The zero-order valence-corrected chi connectivity index (χ0v) is 17.4. The fraction of sp³-hybridized carbons (Fsp3) is 0.571. The number of guanidine groups is 1. The van der Waals surface area contributed by atoms with Crippen LogP contribution in [-0.4, -0.2) is 108 Å². The van der Waals surface area contributed by atoms with Crippen molar-refractivity contribution in [3.8, 4) is 0 Å². The molecule has 3 aliphatic heterocycles. The molecule has 9 heteroatoms. The number of likely N-dealkylation sites (N-methyl/N-ethyl adjacent to an activating group) is 1.